The van der Waals surface area contributed by atoms with Crippen molar-refractivity contribution in [3.05, 3.63) is 77.9 Å². The molecule has 0 bridgehead atoms. The highest BCUT2D eigenvalue weighted by Crippen LogP contribution is 2.19. The Hall–Kier alpha value is -2.79. The molecular weight excluding hydrogens is 246 g/mol. The summed E-state index contributed by atoms with van der Waals surface area (Å²) in [7, 11) is 1.65. The van der Waals surface area contributed by atoms with Crippen LogP contribution in [0.4, 0.5) is 0 Å². The van der Waals surface area contributed by atoms with Crippen molar-refractivity contribution in [3.8, 4) is 11.8 Å². The third kappa shape index (κ3) is 3.37. The van der Waals surface area contributed by atoms with Crippen LogP contribution in [0.25, 0.3) is 11.6 Å². The van der Waals surface area contributed by atoms with Crippen LogP contribution in [0.1, 0.15) is 11.1 Å². The standard InChI is InChI=1S/C18H15NO/c1-20-18-13-6-5-10-16(18)11-7-12-17(14-19)15-8-3-2-4-9-15/h2-13H,1H3/b11-7+,17-12-. The number of nitriles is 1. The van der Waals surface area contributed by atoms with E-state index in [1.54, 1.807) is 7.11 Å². The normalized spacial score (nSPS) is 11.3. The summed E-state index contributed by atoms with van der Waals surface area (Å²) in [5.74, 6) is 0.815. The minimum absolute atomic E-state index is 0.636. The van der Waals surface area contributed by atoms with Gasteiger partial charge < -0.3 is 4.74 Å². The number of rotatable bonds is 4. The van der Waals surface area contributed by atoms with E-state index in [1.807, 2.05) is 72.8 Å². The van der Waals surface area contributed by atoms with Gasteiger partial charge in [0, 0.05) is 5.56 Å². The lowest BCUT2D eigenvalue weighted by Gasteiger charge is -2.02. The molecule has 2 rings (SSSR count). The molecule has 2 aromatic rings. The second kappa shape index (κ2) is 6.96. The Morgan fingerprint density at radius 3 is 2.45 bits per heavy atom. The first kappa shape index (κ1) is 13.6. The molecule has 0 aliphatic carbocycles. The molecular formula is C18H15NO. The van der Waals surface area contributed by atoms with E-state index in [-0.39, 0.29) is 0 Å². The summed E-state index contributed by atoms with van der Waals surface area (Å²) in [6, 6.07) is 19.6. The van der Waals surface area contributed by atoms with E-state index in [0.29, 0.717) is 5.57 Å². The van der Waals surface area contributed by atoms with E-state index in [1.165, 1.54) is 0 Å². The molecule has 0 unspecified atom stereocenters. The van der Waals surface area contributed by atoms with E-state index in [4.69, 9.17) is 4.74 Å². The number of para-hydroxylation sites is 1. The number of allylic oxidation sites excluding steroid dienone is 3. The summed E-state index contributed by atoms with van der Waals surface area (Å²) < 4.78 is 5.28. The largest absolute Gasteiger partial charge is 0.496 e. The first-order chi connectivity index (χ1) is 9.85. The van der Waals surface area contributed by atoms with Gasteiger partial charge in [0.15, 0.2) is 0 Å². The molecule has 2 aromatic carbocycles. The molecule has 0 aliphatic heterocycles. The zero-order valence-electron chi connectivity index (χ0n) is 11.3. The Balaban J connectivity index is 2.23. The second-order valence-corrected chi connectivity index (χ2v) is 4.16. The maximum atomic E-state index is 9.20. The maximum absolute atomic E-state index is 9.20. The molecule has 0 spiro atoms. The van der Waals surface area contributed by atoms with Crippen molar-refractivity contribution in [2.24, 2.45) is 0 Å². The van der Waals surface area contributed by atoms with Crippen LogP contribution in [0, 0.1) is 11.3 Å². The summed E-state index contributed by atoms with van der Waals surface area (Å²) >= 11 is 0. The fourth-order valence-electron chi connectivity index (χ4n) is 1.87. The van der Waals surface area contributed by atoms with E-state index in [9.17, 15) is 5.26 Å². The van der Waals surface area contributed by atoms with Gasteiger partial charge in [-0.25, -0.2) is 0 Å². The molecule has 0 heterocycles. The van der Waals surface area contributed by atoms with Crippen molar-refractivity contribution in [2.75, 3.05) is 7.11 Å². The molecule has 2 heteroatoms. The lowest BCUT2D eigenvalue weighted by molar-refractivity contribution is 0.414. The van der Waals surface area contributed by atoms with Crippen molar-refractivity contribution in [2.45, 2.75) is 0 Å². The van der Waals surface area contributed by atoms with Gasteiger partial charge in [0.1, 0.15) is 5.75 Å². The zero-order chi connectivity index (χ0) is 14.2. The monoisotopic (exact) mass is 261 g/mol. The molecule has 0 radical (unpaired) electrons. The van der Waals surface area contributed by atoms with E-state index in [2.05, 4.69) is 6.07 Å². The molecule has 0 fully saturated rings. The van der Waals surface area contributed by atoms with E-state index in [0.717, 1.165) is 16.9 Å². The maximum Gasteiger partial charge on any atom is 0.126 e. The smallest absolute Gasteiger partial charge is 0.126 e. The summed E-state index contributed by atoms with van der Waals surface area (Å²) in [6.07, 6.45) is 5.60. The molecule has 0 aromatic heterocycles. The average molecular weight is 261 g/mol. The van der Waals surface area contributed by atoms with Crippen LogP contribution in [-0.2, 0) is 0 Å². The van der Waals surface area contributed by atoms with Crippen LogP contribution in [-0.4, -0.2) is 7.11 Å². The van der Waals surface area contributed by atoms with Gasteiger partial charge >= 0.3 is 0 Å². The topological polar surface area (TPSA) is 33.0 Å². The summed E-state index contributed by atoms with van der Waals surface area (Å²) in [4.78, 5) is 0. The lowest BCUT2D eigenvalue weighted by Crippen LogP contribution is -1.85. The van der Waals surface area contributed by atoms with Crippen LogP contribution in [0.15, 0.2) is 66.7 Å². The first-order valence-electron chi connectivity index (χ1n) is 6.32. The molecule has 0 N–H and O–H groups in total. The number of hydrogen-bond donors (Lipinski definition) is 0. The van der Waals surface area contributed by atoms with E-state index < -0.39 is 0 Å². The highest BCUT2D eigenvalue weighted by Gasteiger charge is 1.98. The molecule has 98 valence electrons. The van der Waals surface area contributed by atoms with Crippen LogP contribution in [0.5, 0.6) is 5.75 Å². The SMILES string of the molecule is COc1ccccc1/C=C/C=C(/C#N)c1ccccc1. The number of benzene rings is 2. The van der Waals surface area contributed by atoms with Crippen LogP contribution >= 0.6 is 0 Å². The molecule has 0 saturated heterocycles. The Labute approximate surface area is 119 Å². The number of nitrogens with zero attached hydrogens (tertiary/aromatic N) is 1. The predicted molar refractivity (Wildman–Crippen MR) is 82.1 cm³/mol. The lowest BCUT2D eigenvalue weighted by atomic mass is 10.1. The Morgan fingerprint density at radius 1 is 1.05 bits per heavy atom. The Morgan fingerprint density at radius 2 is 1.75 bits per heavy atom. The van der Waals surface area contributed by atoms with Gasteiger partial charge in [0.2, 0.25) is 0 Å². The van der Waals surface area contributed by atoms with Gasteiger partial charge in [-0.15, -0.1) is 0 Å². The second-order valence-electron chi connectivity index (χ2n) is 4.16. The molecule has 0 atom stereocenters. The highest BCUT2D eigenvalue weighted by molar-refractivity contribution is 5.78. The van der Waals surface area contributed by atoms with Crippen LogP contribution < -0.4 is 4.74 Å². The van der Waals surface area contributed by atoms with Gasteiger partial charge in [-0.2, -0.15) is 5.26 Å². The fraction of sp³-hybridized carbons (Fsp3) is 0.0556. The molecule has 2 nitrogen and oxygen atoms in total. The molecule has 0 saturated carbocycles. The van der Waals surface area contributed by atoms with Crippen LogP contribution in [0.2, 0.25) is 0 Å². The molecule has 0 amide bonds. The summed E-state index contributed by atoms with van der Waals surface area (Å²) in [5.41, 5.74) is 2.54. The van der Waals surface area contributed by atoms with Crippen LogP contribution in [0.3, 0.4) is 0 Å². The third-order valence-corrected chi connectivity index (χ3v) is 2.88. The minimum Gasteiger partial charge on any atom is -0.496 e. The molecule has 20 heavy (non-hydrogen) atoms. The van der Waals surface area contributed by atoms with Gasteiger partial charge in [0.05, 0.1) is 18.8 Å². The van der Waals surface area contributed by atoms with Gasteiger partial charge in [-0.1, -0.05) is 60.7 Å². The van der Waals surface area contributed by atoms with Gasteiger partial charge in [-0.05, 0) is 17.7 Å². The quantitative estimate of drug-likeness (QED) is 0.606. The highest BCUT2D eigenvalue weighted by atomic mass is 16.5. The van der Waals surface area contributed by atoms with Crippen molar-refractivity contribution in [3.63, 3.8) is 0 Å². The summed E-state index contributed by atoms with van der Waals surface area (Å²) in [6.45, 7) is 0. The van der Waals surface area contributed by atoms with Gasteiger partial charge in [0.25, 0.3) is 0 Å². The number of hydrogen-bond acceptors (Lipinski definition) is 2. The number of methoxy groups -OCH3 is 1. The molecule has 0 aliphatic rings. The van der Waals surface area contributed by atoms with Crippen molar-refractivity contribution in [1.82, 2.24) is 0 Å². The van der Waals surface area contributed by atoms with Gasteiger partial charge in [-0.3, -0.25) is 0 Å². The Bertz CT molecular complexity index is 663. The predicted octanol–water partition coefficient (Wildman–Crippen LogP) is 4.32. The fourth-order valence-corrected chi connectivity index (χ4v) is 1.87. The minimum atomic E-state index is 0.636. The Kier molecular flexibility index (Phi) is 4.75. The third-order valence-electron chi connectivity index (χ3n) is 2.88. The first-order valence-corrected chi connectivity index (χ1v) is 6.32. The number of ether oxygens (including phenoxy) is 1. The van der Waals surface area contributed by atoms with Crippen molar-refractivity contribution in [1.29, 1.82) is 5.26 Å². The van der Waals surface area contributed by atoms with Crippen molar-refractivity contribution < 1.29 is 4.74 Å². The van der Waals surface area contributed by atoms with E-state index >= 15 is 0 Å². The van der Waals surface area contributed by atoms with Crippen molar-refractivity contribution >= 4 is 11.6 Å². The zero-order valence-corrected chi connectivity index (χ0v) is 11.3. The summed E-state index contributed by atoms with van der Waals surface area (Å²) in [5, 5.41) is 9.20. The average Bonchev–Trinajstić information content (AvgIpc) is 2.53.